The molecule has 1 aliphatic rings. The number of aromatic nitrogens is 2. The van der Waals surface area contributed by atoms with Crippen molar-refractivity contribution in [1.29, 1.82) is 0 Å². The molecule has 1 saturated carbocycles. The van der Waals surface area contributed by atoms with Gasteiger partial charge in [0.2, 0.25) is 11.9 Å². The van der Waals surface area contributed by atoms with Crippen LogP contribution < -0.4 is 5.32 Å². The zero-order valence-corrected chi connectivity index (χ0v) is 12.1. The molecule has 4 nitrogen and oxygen atoms in total. The van der Waals surface area contributed by atoms with E-state index in [-0.39, 0.29) is 42.7 Å². The number of nitrogens with one attached hydrogen (secondary N) is 1. The second-order valence-electron chi connectivity index (χ2n) is 5.24. The van der Waals surface area contributed by atoms with Gasteiger partial charge in [-0.1, -0.05) is 11.6 Å². The van der Waals surface area contributed by atoms with Crippen LogP contribution in [-0.4, -0.2) is 22.1 Å². The monoisotopic (exact) mass is 321 g/mol. The summed E-state index contributed by atoms with van der Waals surface area (Å²) in [6, 6.07) is 1.55. The average Bonchev–Trinajstić information content (AvgIpc) is 2.36. The van der Waals surface area contributed by atoms with Gasteiger partial charge in [0.05, 0.1) is 5.92 Å². The van der Waals surface area contributed by atoms with Crippen molar-refractivity contribution in [1.82, 2.24) is 9.97 Å². The number of hydrogen-bond acceptors (Lipinski definition) is 3. The Kier molecular flexibility index (Phi) is 4.70. The van der Waals surface area contributed by atoms with Crippen LogP contribution in [0.25, 0.3) is 0 Å². The van der Waals surface area contributed by atoms with E-state index in [4.69, 9.17) is 11.6 Å². The van der Waals surface area contributed by atoms with Gasteiger partial charge in [0.15, 0.2) is 0 Å². The van der Waals surface area contributed by atoms with Gasteiger partial charge < -0.3 is 0 Å². The zero-order valence-electron chi connectivity index (χ0n) is 11.4. The lowest BCUT2D eigenvalue weighted by atomic mass is 9.81. The maximum absolute atomic E-state index is 12.6. The van der Waals surface area contributed by atoms with Gasteiger partial charge in [-0.25, -0.2) is 9.97 Å². The minimum Gasteiger partial charge on any atom is -0.294 e. The predicted octanol–water partition coefficient (Wildman–Crippen LogP) is 3.75. The van der Waals surface area contributed by atoms with Crippen molar-refractivity contribution in [2.24, 2.45) is 11.8 Å². The number of amides is 1. The summed E-state index contributed by atoms with van der Waals surface area (Å²) >= 11 is 5.76. The fraction of sp³-hybridized carbons (Fsp3) is 0.615. The van der Waals surface area contributed by atoms with E-state index in [1.54, 1.807) is 13.0 Å². The maximum atomic E-state index is 12.6. The number of rotatable bonds is 2. The highest BCUT2D eigenvalue weighted by molar-refractivity contribution is 6.29. The van der Waals surface area contributed by atoms with Gasteiger partial charge >= 0.3 is 6.18 Å². The van der Waals surface area contributed by atoms with Crippen LogP contribution in [0.2, 0.25) is 5.15 Å². The summed E-state index contributed by atoms with van der Waals surface area (Å²) in [6.07, 6.45) is -3.77. The fourth-order valence-electron chi connectivity index (χ4n) is 2.48. The lowest BCUT2D eigenvalue weighted by molar-refractivity contribution is -0.184. The Bertz CT molecular complexity index is 508. The number of hydrogen-bond donors (Lipinski definition) is 1. The SMILES string of the molecule is Cc1cc(Cl)nc(NC(=O)C2CCC(C(F)(F)F)CC2)n1. The van der Waals surface area contributed by atoms with Gasteiger partial charge in [0, 0.05) is 11.6 Å². The van der Waals surface area contributed by atoms with E-state index in [0.717, 1.165) is 0 Å². The third-order valence-electron chi connectivity index (χ3n) is 3.62. The van der Waals surface area contributed by atoms with Gasteiger partial charge in [-0.3, -0.25) is 10.1 Å². The van der Waals surface area contributed by atoms with Crippen LogP contribution in [-0.2, 0) is 4.79 Å². The maximum Gasteiger partial charge on any atom is 0.391 e. The molecule has 2 rings (SSSR count). The summed E-state index contributed by atoms with van der Waals surface area (Å²) in [5, 5.41) is 2.73. The van der Waals surface area contributed by atoms with Gasteiger partial charge in [-0.05, 0) is 38.7 Å². The number of nitrogens with zero attached hydrogens (tertiary/aromatic N) is 2. The molecule has 8 heteroatoms. The lowest BCUT2D eigenvalue weighted by Crippen LogP contribution is -2.32. The molecule has 0 spiro atoms. The minimum absolute atomic E-state index is 0.0168. The summed E-state index contributed by atoms with van der Waals surface area (Å²) in [6.45, 7) is 1.71. The number of carbonyl (C=O) groups is 1. The Morgan fingerprint density at radius 2 is 1.90 bits per heavy atom. The first-order valence-corrected chi connectivity index (χ1v) is 7.02. The van der Waals surface area contributed by atoms with E-state index in [2.05, 4.69) is 15.3 Å². The van der Waals surface area contributed by atoms with E-state index in [0.29, 0.717) is 5.69 Å². The Balaban J connectivity index is 1.93. The van der Waals surface area contributed by atoms with Crippen LogP contribution in [0, 0.1) is 18.8 Å². The first kappa shape index (κ1) is 16.0. The third kappa shape index (κ3) is 4.30. The highest BCUT2D eigenvalue weighted by Crippen LogP contribution is 2.39. The highest BCUT2D eigenvalue weighted by Gasteiger charge is 2.42. The van der Waals surface area contributed by atoms with Crippen LogP contribution in [0.4, 0.5) is 19.1 Å². The molecule has 1 fully saturated rings. The summed E-state index contributed by atoms with van der Waals surface area (Å²) in [5.74, 6) is -2.00. The molecule has 1 amide bonds. The smallest absolute Gasteiger partial charge is 0.294 e. The molecule has 1 aromatic heterocycles. The molecule has 0 atom stereocenters. The Labute approximate surface area is 125 Å². The molecule has 1 aliphatic carbocycles. The molecule has 0 aromatic carbocycles. The van der Waals surface area contributed by atoms with Crippen molar-refractivity contribution in [2.45, 2.75) is 38.8 Å². The molecule has 0 bridgehead atoms. The third-order valence-corrected chi connectivity index (χ3v) is 3.81. The first-order valence-electron chi connectivity index (χ1n) is 6.64. The van der Waals surface area contributed by atoms with Crippen molar-refractivity contribution in [3.63, 3.8) is 0 Å². The normalized spacial score (nSPS) is 22.9. The quantitative estimate of drug-likeness (QED) is 0.844. The average molecular weight is 322 g/mol. The number of anilines is 1. The van der Waals surface area contributed by atoms with Gasteiger partial charge in [-0.15, -0.1) is 0 Å². The van der Waals surface area contributed by atoms with E-state index >= 15 is 0 Å². The molecule has 0 unspecified atom stereocenters. The van der Waals surface area contributed by atoms with Crippen LogP contribution in [0.15, 0.2) is 6.07 Å². The Hall–Kier alpha value is -1.37. The number of carbonyl (C=O) groups excluding carboxylic acids is 1. The molecule has 21 heavy (non-hydrogen) atoms. The highest BCUT2D eigenvalue weighted by atomic mass is 35.5. The first-order chi connectivity index (χ1) is 9.75. The van der Waals surface area contributed by atoms with Gasteiger partial charge in [0.25, 0.3) is 0 Å². The van der Waals surface area contributed by atoms with Crippen molar-refractivity contribution < 1.29 is 18.0 Å². The fourth-order valence-corrected chi connectivity index (χ4v) is 2.72. The van der Waals surface area contributed by atoms with E-state index < -0.39 is 18.0 Å². The zero-order chi connectivity index (χ0) is 15.6. The van der Waals surface area contributed by atoms with Crippen molar-refractivity contribution in [3.8, 4) is 0 Å². The second kappa shape index (κ2) is 6.17. The lowest BCUT2D eigenvalue weighted by Gasteiger charge is -2.28. The summed E-state index contributed by atoms with van der Waals surface area (Å²) in [4.78, 5) is 19.9. The topological polar surface area (TPSA) is 54.9 Å². The molecular formula is C13H15ClF3N3O. The van der Waals surface area contributed by atoms with Crippen molar-refractivity contribution in [2.75, 3.05) is 5.32 Å². The number of aryl methyl sites for hydroxylation is 1. The van der Waals surface area contributed by atoms with Gasteiger partial charge in [0.1, 0.15) is 5.15 Å². The molecule has 0 aliphatic heterocycles. The number of alkyl halides is 3. The minimum atomic E-state index is -4.17. The molecular weight excluding hydrogens is 307 g/mol. The molecule has 1 N–H and O–H groups in total. The molecule has 1 heterocycles. The van der Waals surface area contributed by atoms with E-state index in [1.165, 1.54) is 0 Å². The summed E-state index contributed by atoms with van der Waals surface area (Å²) < 4.78 is 37.7. The molecule has 0 saturated heterocycles. The molecule has 1 aromatic rings. The van der Waals surface area contributed by atoms with Gasteiger partial charge in [-0.2, -0.15) is 13.2 Å². The second-order valence-corrected chi connectivity index (χ2v) is 5.62. The Morgan fingerprint density at radius 1 is 1.29 bits per heavy atom. The largest absolute Gasteiger partial charge is 0.391 e. The predicted molar refractivity (Wildman–Crippen MR) is 71.9 cm³/mol. The van der Waals surface area contributed by atoms with Crippen molar-refractivity contribution >= 4 is 23.5 Å². The van der Waals surface area contributed by atoms with Crippen LogP contribution in [0.5, 0.6) is 0 Å². The summed E-state index contributed by atoms with van der Waals surface area (Å²) in [7, 11) is 0. The van der Waals surface area contributed by atoms with Crippen molar-refractivity contribution in [3.05, 3.63) is 16.9 Å². The van der Waals surface area contributed by atoms with E-state index in [9.17, 15) is 18.0 Å². The number of halogens is 4. The Morgan fingerprint density at radius 3 is 2.43 bits per heavy atom. The van der Waals surface area contributed by atoms with Crippen LogP contribution in [0.1, 0.15) is 31.4 Å². The van der Waals surface area contributed by atoms with E-state index in [1.807, 2.05) is 0 Å². The van der Waals surface area contributed by atoms with Crippen LogP contribution >= 0.6 is 11.6 Å². The summed E-state index contributed by atoms with van der Waals surface area (Å²) in [5.41, 5.74) is 0.603. The molecule has 116 valence electrons. The van der Waals surface area contributed by atoms with Crippen LogP contribution in [0.3, 0.4) is 0 Å². The molecule has 0 radical (unpaired) electrons. The standard InChI is InChI=1S/C13H15ClF3N3O/c1-7-6-10(14)19-12(18-7)20-11(21)8-2-4-9(5-3-8)13(15,16)17/h6,8-9H,2-5H2,1H3,(H,18,19,20,21).